The van der Waals surface area contributed by atoms with Gasteiger partial charge in [-0.25, -0.2) is 4.79 Å². The van der Waals surface area contributed by atoms with Gasteiger partial charge in [0.05, 0.1) is 30.4 Å². The van der Waals surface area contributed by atoms with Crippen molar-refractivity contribution in [3.05, 3.63) is 45.7 Å². The lowest BCUT2D eigenvalue weighted by atomic mass is 9.51. The number of ketones is 3. The number of hydrogen-bond acceptors (Lipinski definition) is 13. The Morgan fingerprint density at radius 2 is 1.77 bits per heavy atom. The number of carbonyl (C=O) groups is 5. The van der Waals surface area contributed by atoms with Crippen molar-refractivity contribution in [3.63, 3.8) is 0 Å². The number of Topliss-reactive ketones (excluding diaryl/α,β-unsaturated/α-hetero) is 3. The van der Waals surface area contributed by atoms with Gasteiger partial charge in [0.25, 0.3) is 0 Å². The molecular weight excluding hydrogens is 566 g/mol. The standard InChI is InChI=1S/C29H35N3O11/c1-13(33)18-23(36)21(32(3)4)16-11-28(26(39)42-8-5-9-43-27(30)40)10-15-14(12-31-2)6-7-17(34)19(15)22(35)20(28)25(38)29(16,41)24(18)37/h6-7,16,21,31,34-35,37,41H,5,8-12H2,1-4H3,(H2,30,40)/t16-,21-,28+,29+/m0/s1. The summed E-state index contributed by atoms with van der Waals surface area (Å²) >= 11 is 0. The molecule has 7 N–H and O–H groups in total. The van der Waals surface area contributed by atoms with Gasteiger partial charge in [0, 0.05) is 18.9 Å². The predicted molar refractivity (Wildman–Crippen MR) is 149 cm³/mol. The zero-order valence-electron chi connectivity index (χ0n) is 24.2. The van der Waals surface area contributed by atoms with Gasteiger partial charge in [-0.15, -0.1) is 0 Å². The van der Waals surface area contributed by atoms with E-state index in [1.807, 2.05) is 0 Å². The number of nitrogens with two attached hydrogens (primary N) is 1. The first kappa shape index (κ1) is 31.7. The van der Waals surface area contributed by atoms with Gasteiger partial charge in [-0.3, -0.25) is 24.1 Å². The Morgan fingerprint density at radius 3 is 2.35 bits per heavy atom. The second kappa shape index (κ2) is 11.4. The number of carbonyl (C=O) groups excluding carboxylic acids is 5. The third-order valence-corrected chi connectivity index (χ3v) is 8.42. The molecule has 0 aromatic heterocycles. The number of fused-ring (bicyclic) bond motifs is 3. The normalized spacial score (nSPS) is 26.6. The average molecular weight is 602 g/mol. The van der Waals surface area contributed by atoms with Crippen LogP contribution in [0, 0.1) is 11.3 Å². The zero-order chi connectivity index (χ0) is 32.0. The van der Waals surface area contributed by atoms with Gasteiger partial charge in [0.2, 0.25) is 5.78 Å². The van der Waals surface area contributed by atoms with Crippen molar-refractivity contribution >= 4 is 35.2 Å². The molecule has 0 aliphatic heterocycles. The Hall–Kier alpha value is -4.27. The van der Waals surface area contributed by atoms with Gasteiger partial charge in [0.1, 0.15) is 28.3 Å². The van der Waals surface area contributed by atoms with E-state index in [0.717, 1.165) is 6.92 Å². The second-order valence-corrected chi connectivity index (χ2v) is 11.2. The van der Waals surface area contributed by atoms with E-state index in [4.69, 9.17) is 10.5 Å². The van der Waals surface area contributed by atoms with E-state index in [1.165, 1.54) is 25.1 Å². The van der Waals surface area contributed by atoms with E-state index >= 15 is 0 Å². The first-order valence-electron chi connectivity index (χ1n) is 13.6. The maximum atomic E-state index is 14.4. The summed E-state index contributed by atoms with van der Waals surface area (Å²) in [6, 6.07) is 1.57. The minimum Gasteiger partial charge on any atom is -0.508 e. The molecule has 232 valence electrons. The molecule has 43 heavy (non-hydrogen) atoms. The number of primary amides is 1. The van der Waals surface area contributed by atoms with Crippen molar-refractivity contribution < 1.29 is 53.9 Å². The van der Waals surface area contributed by atoms with Crippen molar-refractivity contribution in [2.75, 3.05) is 34.4 Å². The lowest BCUT2D eigenvalue weighted by Gasteiger charge is -2.53. The zero-order valence-corrected chi connectivity index (χ0v) is 24.2. The van der Waals surface area contributed by atoms with Crippen LogP contribution in [0.3, 0.4) is 0 Å². The lowest BCUT2D eigenvalue weighted by molar-refractivity contribution is -0.171. The molecule has 14 heteroatoms. The van der Waals surface area contributed by atoms with Gasteiger partial charge < -0.3 is 41.0 Å². The van der Waals surface area contributed by atoms with Crippen LogP contribution in [0.1, 0.15) is 36.5 Å². The van der Waals surface area contributed by atoms with Crippen molar-refractivity contribution in [2.45, 2.75) is 44.4 Å². The number of hydrogen-bond donors (Lipinski definition) is 6. The highest BCUT2D eigenvalue weighted by Gasteiger charge is 2.69. The summed E-state index contributed by atoms with van der Waals surface area (Å²) in [5.41, 5.74) is -0.513. The number of esters is 1. The fourth-order valence-corrected chi connectivity index (χ4v) is 6.61. The number of aromatic hydroxyl groups is 1. The molecule has 0 bridgehead atoms. The van der Waals surface area contributed by atoms with E-state index in [-0.39, 0.29) is 38.2 Å². The van der Waals surface area contributed by atoms with Crippen molar-refractivity contribution in [1.29, 1.82) is 0 Å². The number of likely N-dealkylation sites (N-methyl/N-ethyl adjacent to an activating group) is 1. The van der Waals surface area contributed by atoms with Crippen molar-refractivity contribution in [1.82, 2.24) is 10.2 Å². The van der Waals surface area contributed by atoms with Crippen LogP contribution < -0.4 is 11.1 Å². The highest BCUT2D eigenvalue weighted by atomic mass is 16.6. The molecule has 0 heterocycles. The number of aliphatic hydroxyl groups is 3. The number of amides is 1. The smallest absolute Gasteiger partial charge is 0.404 e. The van der Waals surface area contributed by atoms with E-state index in [2.05, 4.69) is 10.1 Å². The second-order valence-electron chi connectivity index (χ2n) is 11.2. The number of nitrogens with zero attached hydrogens (tertiary/aromatic N) is 1. The summed E-state index contributed by atoms with van der Waals surface area (Å²) < 4.78 is 10.2. The fraction of sp³-hybridized carbons (Fsp3) is 0.483. The molecule has 1 aromatic rings. The van der Waals surface area contributed by atoms with Crippen LogP contribution in [0.15, 0.2) is 29.0 Å². The summed E-state index contributed by atoms with van der Waals surface area (Å²) in [6.07, 6.45) is -1.72. The highest BCUT2D eigenvalue weighted by Crippen LogP contribution is 2.59. The molecule has 1 fully saturated rings. The maximum absolute atomic E-state index is 14.4. The number of nitrogens with one attached hydrogen (secondary N) is 1. The molecule has 4 rings (SSSR count). The summed E-state index contributed by atoms with van der Waals surface area (Å²) in [5, 5.41) is 48.5. The van der Waals surface area contributed by atoms with E-state index in [0.29, 0.717) is 11.1 Å². The van der Waals surface area contributed by atoms with E-state index in [9.17, 15) is 44.4 Å². The van der Waals surface area contributed by atoms with Crippen molar-refractivity contribution in [2.24, 2.45) is 17.1 Å². The van der Waals surface area contributed by atoms with Crippen LogP contribution in [0.4, 0.5) is 4.79 Å². The quantitative estimate of drug-likeness (QED) is 0.126. The Morgan fingerprint density at radius 1 is 1.12 bits per heavy atom. The van der Waals surface area contributed by atoms with Crippen LogP contribution in [0.5, 0.6) is 5.75 Å². The van der Waals surface area contributed by atoms with Crippen LogP contribution in [-0.2, 0) is 41.6 Å². The van der Waals surface area contributed by atoms with Gasteiger partial charge in [-0.05, 0) is 58.1 Å². The molecular formula is C29H35N3O11. The third kappa shape index (κ3) is 4.84. The number of phenolic OH excluding ortho intramolecular Hbond substituents is 1. The lowest BCUT2D eigenvalue weighted by Crippen LogP contribution is -2.68. The van der Waals surface area contributed by atoms with E-state index < -0.39 is 87.2 Å². The van der Waals surface area contributed by atoms with Gasteiger partial charge in [0.15, 0.2) is 17.2 Å². The Kier molecular flexibility index (Phi) is 8.42. The molecule has 0 unspecified atom stereocenters. The molecule has 0 spiro atoms. The van der Waals surface area contributed by atoms with E-state index in [1.54, 1.807) is 13.1 Å². The number of rotatable bonds is 9. The molecule has 1 aromatic carbocycles. The van der Waals surface area contributed by atoms with Gasteiger partial charge in [-0.1, -0.05) is 6.07 Å². The number of aliphatic hydroxyl groups excluding tert-OH is 2. The fourth-order valence-electron chi connectivity index (χ4n) is 6.61. The third-order valence-electron chi connectivity index (χ3n) is 8.42. The van der Waals surface area contributed by atoms with Crippen LogP contribution in [0.2, 0.25) is 0 Å². The van der Waals surface area contributed by atoms with Crippen molar-refractivity contribution in [3.8, 4) is 5.75 Å². The summed E-state index contributed by atoms with van der Waals surface area (Å²) in [4.78, 5) is 66.7. The molecule has 0 radical (unpaired) electrons. The molecule has 14 nitrogen and oxygen atoms in total. The summed E-state index contributed by atoms with van der Waals surface area (Å²) in [7, 11) is 4.64. The topological polar surface area (TPSA) is 226 Å². The first-order chi connectivity index (χ1) is 20.1. The van der Waals surface area contributed by atoms with Gasteiger partial charge >= 0.3 is 12.1 Å². The Balaban J connectivity index is 1.97. The molecule has 3 aliphatic rings. The van der Waals surface area contributed by atoms with Crippen LogP contribution in [-0.4, -0.2) is 101 Å². The monoisotopic (exact) mass is 601 g/mol. The predicted octanol–water partition coefficient (Wildman–Crippen LogP) is 0.186. The largest absolute Gasteiger partial charge is 0.508 e. The highest BCUT2D eigenvalue weighted by molar-refractivity contribution is 6.25. The number of phenols is 1. The average Bonchev–Trinajstić information content (AvgIpc) is 2.91. The van der Waals surface area contributed by atoms with Crippen LogP contribution in [0.25, 0.3) is 5.76 Å². The molecule has 3 aliphatic carbocycles. The summed E-state index contributed by atoms with van der Waals surface area (Å²) in [5.74, 6) is -7.85. The minimum atomic E-state index is -2.87. The molecule has 0 saturated heterocycles. The Labute approximate surface area is 246 Å². The SMILES string of the molecule is CNCc1ccc(O)c2c1C[C@@]1(C(=O)OCCCOC(N)=O)C[C@H]3[C@H](N(C)C)C(=O)C(C(C)=O)=C(O)[C@@]3(O)C(=O)C1=C2O. The number of ether oxygens (including phenoxy) is 2. The summed E-state index contributed by atoms with van der Waals surface area (Å²) in [6.45, 7) is 0.812. The molecule has 4 atom stereocenters. The Bertz CT molecular complexity index is 1480. The van der Waals surface area contributed by atoms with Gasteiger partial charge in [-0.2, -0.15) is 0 Å². The number of benzene rings is 1. The first-order valence-corrected chi connectivity index (χ1v) is 13.6. The molecule has 1 amide bonds. The minimum absolute atomic E-state index is 0.0454. The maximum Gasteiger partial charge on any atom is 0.404 e. The molecule has 1 saturated carbocycles. The van der Waals surface area contributed by atoms with Crippen LogP contribution >= 0.6 is 0 Å².